The molecule has 1 rings (SSSR count). The van der Waals surface area contributed by atoms with Crippen molar-refractivity contribution >= 4 is 0 Å². The Bertz CT molecular complexity index is 83.1. The molecule has 0 aromatic rings. The van der Waals surface area contributed by atoms with Crippen molar-refractivity contribution in [3.8, 4) is 0 Å². The van der Waals surface area contributed by atoms with Crippen LogP contribution in [0.15, 0.2) is 0 Å². The molecule has 0 aromatic carbocycles. The standard InChI is InChI=1S/C6H12O2/c1-5(7)3-6(2,8)4-5/h7-8H,3-4H2,1-2H3. The molecule has 0 aromatic heterocycles. The first kappa shape index (κ1) is 6.05. The van der Waals surface area contributed by atoms with Crippen LogP contribution in [-0.4, -0.2) is 21.4 Å². The van der Waals surface area contributed by atoms with Gasteiger partial charge >= 0.3 is 0 Å². The van der Waals surface area contributed by atoms with Gasteiger partial charge in [0.15, 0.2) is 0 Å². The van der Waals surface area contributed by atoms with Crippen molar-refractivity contribution in [3.05, 3.63) is 0 Å². The van der Waals surface area contributed by atoms with Gasteiger partial charge in [-0.1, -0.05) is 0 Å². The first-order chi connectivity index (χ1) is 3.41. The lowest BCUT2D eigenvalue weighted by molar-refractivity contribution is -0.159. The van der Waals surface area contributed by atoms with E-state index in [4.69, 9.17) is 10.2 Å². The molecule has 1 aliphatic rings. The largest absolute Gasteiger partial charge is 0.390 e. The molecule has 2 N–H and O–H groups in total. The minimum atomic E-state index is -0.594. The molecular weight excluding hydrogens is 104 g/mol. The predicted octanol–water partition coefficient (Wildman–Crippen LogP) is 0.282. The summed E-state index contributed by atoms with van der Waals surface area (Å²) in [6, 6.07) is 0. The fourth-order valence-electron chi connectivity index (χ4n) is 1.59. The molecule has 0 heterocycles. The lowest BCUT2D eigenvalue weighted by Gasteiger charge is -2.45. The van der Waals surface area contributed by atoms with Gasteiger partial charge in [0.05, 0.1) is 11.2 Å². The van der Waals surface area contributed by atoms with Gasteiger partial charge in [-0.25, -0.2) is 0 Å². The second-order valence-electron chi connectivity index (χ2n) is 3.35. The molecule has 0 unspecified atom stereocenters. The average molecular weight is 116 g/mol. The van der Waals surface area contributed by atoms with E-state index in [-0.39, 0.29) is 0 Å². The van der Waals surface area contributed by atoms with Crippen LogP contribution in [0.4, 0.5) is 0 Å². The quantitative estimate of drug-likeness (QED) is 0.477. The van der Waals surface area contributed by atoms with Crippen molar-refractivity contribution in [3.63, 3.8) is 0 Å². The van der Waals surface area contributed by atoms with Crippen LogP contribution in [0, 0.1) is 0 Å². The summed E-state index contributed by atoms with van der Waals surface area (Å²) in [7, 11) is 0. The maximum atomic E-state index is 9.09. The van der Waals surface area contributed by atoms with Crippen molar-refractivity contribution in [2.45, 2.75) is 37.9 Å². The fourth-order valence-corrected chi connectivity index (χ4v) is 1.59. The Morgan fingerprint density at radius 1 is 1.00 bits per heavy atom. The lowest BCUT2D eigenvalue weighted by Crippen LogP contribution is -2.52. The normalized spacial score (nSPS) is 55.5. The highest BCUT2D eigenvalue weighted by Gasteiger charge is 2.46. The lowest BCUT2D eigenvalue weighted by atomic mass is 9.70. The summed E-state index contributed by atoms with van der Waals surface area (Å²) >= 11 is 0. The van der Waals surface area contributed by atoms with Crippen LogP contribution in [0.25, 0.3) is 0 Å². The Morgan fingerprint density at radius 2 is 1.25 bits per heavy atom. The van der Waals surface area contributed by atoms with Crippen molar-refractivity contribution in [2.24, 2.45) is 0 Å². The first-order valence-electron chi connectivity index (χ1n) is 2.86. The summed E-state index contributed by atoms with van der Waals surface area (Å²) in [5, 5.41) is 18.2. The van der Waals surface area contributed by atoms with Crippen LogP contribution >= 0.6 is 0 Å². The third-order valence-corrected chi connectivity index (χ3v) is 1.52. The third kappa shape index (κ3) is 1.01. The summed E-state index contributed by atoms with van der Waals surface area (Å²) in [4.78, 5) is 0. The van der Waals surface area contributed by atoms with E-state index in [9.17, 15) is 0 Å². The average Bonchev–Trinajstić information content (AvgIpc) is 1.20. The number of aliphatic hydroxyl groups is 2. The maximum Gasteiger partial charge on any atom is 0.0674 e. The van der Waals surface area contributed by atoms with E-state index >= 15 is 0 Å². The minimum Gasteiger partial charge on any atom is -0.390 e. The van der Waals surface area contributed by atoms with E-state index < -0.39 is 11.2 Å². The van der Waals surface area contributed by atoms with E-state index in [0.717, 1.165) is 0 Å². The van der Waals surface area contributed by atoms with E-state index in [1.165, 1.54) is 0 Å². The Hall–Kier alpha value is -0.0800. The van der Waals surface area contributed by atoms with Crippen molar-refractivity contribution in [2.75, 3.05) is 0 Å². The molecule has 0 amide bonds. The molecule has 0 radical (unpaired) electrons. The highest BCUT2D eigenvalue weighted by molar-refractivity contribution is 4.99. The molecule has 1 fully saturated rings. The topological polar surface area (TPSA) is 40.5 Å². The monoisotopic (exact) mass is 116 g/mol. The molecule has 0 aliphatic heterocycles. The molecular formula is C6H12O2. The van der Waals surface area contributed by atoms with Crippen LogP contribution in [0.3, 0.4) is 0 Å². The number of hydrogen-bond acceptors (Lipinski definition) is 2. The van der Waals surface area contributed by atoms with E-state index in [2.05, 4.69) is 0 Å². The van der Waals surface area contributed by atoms with Gasteiger partial charge < -0.3 is 10.2 Å². The Labute approximate surface area is 49.1 Å². The molecule has 0 spiro atoms. The molecule has 0 atom stereocenters. The highest BCUT2D eigenvalue weighted by atomic mass is 16.3. The second-order valence-corrected chi connectivity index (χ2v) is 3.35. The molecule has 48 valence electrons. The number of rotatable bonds is 0. The molecule has 0 saturated heterocycles. The van der Waals surface area contributed by atoms with Gasteiger partial charge in [0, 0.05) is 12.8 Å². The smallest absolute Gasteiger partial charge is 0.0674 e. The fraction of sp³-hybridized carbons (Fsp3) is 1.00. The molecule has 8 heavy (non-hydrogen) atoms. The summed E-state index contributed by atoms with van der Waals surface area (Å²) in [6.07, 6.45) is 1.03. The van der Waals surface area contributed by atoms with Crippen LogP contribution in [0.5, 0.6) is 0 Å². The zero-order valence-corrected chi connectivity index (χ0v) is 5.31. The van der Waals surface area contributed by atoms with E-state index in [1.54, 1.807) is 13.8 Å². The molecule has 1 saturated carbocycles. The van der Waals surface area contributed by atoms with E-state index in [1.807, 2.05) is 0 Å². The molecule has 1 aliphatic carbocycles. The van der Waals surface area contributed by atoms with E-state index in [0.29, 0.717) is 12.8 Å². The van der Waals surface area contributed by atoms with Gasteiger partial charge in [0.2, 0.25) is 0 Å². The van der Waals surface area contributed by atoms with Crippen molar-refractivity contribution in [1.82, 2.24) is 0 Å². The van der Waals surface area contributed by atoms with Gasteiger partial charge in [-0.3, -0.25) is 0 Å². The van der Waals surface area contributed by atoms with Gasteiger partial charge in [-0.05, 0) is 13.8 Å². The van der Waals surface area contributed by atoms with Crippen LogP contribution < -0.4 is 0 Å². The van der Waals surface area contributed by atoms with Gasteiger partial charge in [-0.2, -0.15) is 0 Å². The Balaban J connectivity index is 2.42. The van der Waals surface area contributed by atoms with Crippen molar-refractivity contribution in [1.29, 1.82) is 0 Å². The SMILES string of the molecule is CC1(O)CC(C)(O)C1. The van der Waals surface area contributed by atoms with Crippen LogP contribution in [0.2, 0.25) is 0 Å². The summed E-state index contributed by atoms with van der Waals surface area (Å²) in [6.45, 7) is 3.48. The zero-order valence-electron chi connectivity index (χ0n) is 5.31. The summed E-state index contributed by atoms with van der Waals surface area (Å²) in [5.74, 6) is 0. The predicted molar refractivity (Wildman–Crippen MR) is 30.5 cm³/mol. The van der Waals surface area contributed by atoms with Gasteiger partial charge in [-0.15, -0.1) is 0 Å². The van der Waals surface area contributed by atoms with Gasteiger partial charge in [0.25, 0.3) is 0 Å². The highest BCUT2D eigenvalue weighted by Crippen LogP contribution is 2.40. The van der Waals surface area contributed by atoms with Crippen LogP contribution in [0.1, 0.15) is 26.7 Å². The maximum absolute atomic E-state index is 9.09. The number of hydrogen-bond donors (Lipinski definition) is 2. The first-order valence-corrected chi connectivity index (χ1v) is 2.86. The molecule has 0 bridgehead atoms. The Morgan fingerprint density at radius 3 is 1.25 bits per heavy atom. The summed E-state index contributed by atoms with van der Waals surface area (Å²) < 4.78 is 0. The summed E-state index contributed by atoms with van der Waals surface area (Å²) in [5.41, 5.74) is -1.19. The van der Waals surface area contributed by atoms with Gasteiger partial charge in [0.1, 0.15) is 0 Å². The zero-order chi connectivity index (χ0) is 6.41. The molecule has 2 heteroatoms. The van der Waals surface area contributed by atoms with Crippen LogP contribution in [-0.2, 0) is 0 Å². The van der Waals surface area contributed by atoms with Crippen molar-refractivity contribution < 1.29 is 10.2 Å². The second kappa shape index (κ2) is 1.25. The minimum absolute atomic E-state index is 0.514. The third-order valence-electron chi connectivity index (χ3n) is 1.52. The molecule has 2 nitrogen and oxygen atoms in total. The Kier molecular flexibility index (Phi) is 0.946.